The summed E-state index contributed by atoms with van der Waals surface area (Å²) in [6.45, 7) is 2.80. The van der Waals surface area contributed by atoms with Crippen LogP contribution in [0, 0.1) is 0 Å². The SMILES string of the molecule is CCOc1ccc(NC(=O)CCC(=O)NN=Cc2ccc(OCc3ccc(Cl)c(Cl)c3)c(Br)c2)cc1. The molecule has 0 aliphatic carbocycles. The average molecular weight is 593 g/mol. The number of benzene rings is 3. The molecule has 0 heterocycles. The van der Waals surface area contributed by atoms with Crippen molar-refractivity contribution in [2.45, 2.75) is 26.4 Å². The molecule has 0 saturated heterocycles. The molecule has 10 heteroatoms. The molecule has 0 unspecified atom stereocenters. The van der Waals surface area contributed by atoms with Gasteiger partial charge in [0.25, 0.3) is 0 Å². The van der Waals surface area contributed by atoms with Crippen molar-refractivity contribution < 1.29 is 19.1 Å². The highest BCUT2D eigenvalue weighted by molar-refractivity contribution is 9.10. The van der Waals surface area contributed by atoms with Crippen LogP contribution >= 0.6 is 39.1 Å². The molecular formula is C26H24BrCl2N3O4. The Morgan fingerprint density at radius 2 is 1.69 bits per heavy atom. The summed E-state index contributed by atoms with van der Waals surface area (Å²) >= 11 is 15.4. The second-order valence-electron chi connectivity index (χ2n) is 7.53. The van der Waals surface area contributed by atoms with Gasteiger partial charge in [-0.25, -0.2) is 5.43 Å². The maximum absolute atomic E-state index is 12.1. The predicted octanol–water partition coefficient (Wildman–Crippen LogP) is 6.60. The van der Waals surface area contributed by atoms with E-state index in [4.69, 9.17) is 32.7 Å². The second-order valence-corrected chi connectivity index (χ2v) is 9.19. The van der Waals surface area contributed by atoms with Gasteiger partial charge in [-0.05, 0) is 88.6 Å². The third-order valence-corrected chi connectivity index (χ3v) is 6.12. The van der Waals surface area contributed by atoms with E-state index in [9.17, 15) is 9.59 Å². The second kappa shape index (κ2) is 13.9. The van der Waals surface area contributed by atoms with Crippen LogP contribution < -0.4 is 20.2 Å². The fourth-order valence-electron chi connectivity index (χ4n) is 2.99. The number of anilines is 1. The summed E-state index contributed by atoms with van der Waals surface area (Å²) in [6, 6.07) is 17.8. The Morgan fingerprint density at radius 1 is 0.944 bits per heavy atom. The summed E-state index contributed by atoms with van der Waals surface area (Å²) in [7, 11) is 0. The largest absolute Gasteiger partial charge is 0.494 e. The molecule has 2 N–H and O–H groups in total. The molecule has 0 aliphatic heterocycles. The normalized spacial score (nSPS) is 10.8. The van der Waals surface area contributed by atoms with Crippen molar-refractivity contribution in [3.8, 4) is 11.5 Å². The minimum Gasteiger partial charge on any atom is -0.494 e. The first-order valence-corrected chi connectivity index (χ1v) is 12.6. The molecule has 0 saturated carbocycles. The highest BCUT2D eigenvalue weighted by atomic mass is 79.9. The standard InChI is InChI=1S/C26H24BrCl2N3O4/c1-2-35-20-7-5-19(6-8-20)31-25(33)11-12-26(34)32-30-15-17-4-10-24(21(27)13-17)36-16-18-3-9-22(28)23(29)14-18/h3-10,13-15H,2,11-12,16H2,1H3,(H,31,33)(H,32,34). The van der Waals surface area contributed by atoms with Gasteiger partial charge in [0.2, 0.25) is 11.8 Å². The minimum atomic E-state index is -0.367. The van der Waals surface area contributed by atoms with Crippen molar-refractivity contribution >= 4 is 62.8 Å². The van der Waals surface area contributed by atoms with Crippen LogP contribution in [0.2, 0.25) is 10.0 Å². The van der Waals surface area contributed by atoms with Gasteiger partial charge >= 0.3 is 0 Å². The molecule has 0 aromatic heterocycles. The molecule has 36 heavy (non-hydrogen) atoms. The summed E-state index contributed by atoms with van der Waals surface area (Å²) in [5.74, 6) is 0.735. The maximum atomic E-state index is 12.1. The summed E-state index contributed by atoms with van der Waals surface area (Å²) in [5, 5.41) is 7.66. The number of rotatable bonds is 11. The monoisotopic (exact) mass is 591 g/mol. The van der Waals surface area contributed by atoms with Crippen molar-refractivity contribution in [2.75, 3.05) is 11.9 Å². The number of amides is 2. The number of carbonyl (C=O) groups is 2. The lowest BCUT2D eigenvalue weighted by atomic mass is 10.2. The van der Waals surface area contributed by atoms with E-state index < -0.39 is 0 Å². The lowest BCUT2D eigenvalue weighted by Gasteiger charge is -2.09. The van der Waals surface area contributed by atoms with Crippen molar-refractivity contribution in [2.24, 2.45) is 5.10 Å². The number of nitrogens with one attached hydrogen (secondary N) is 2. The molecule has 188 valence electrons. The molecule has 0 aliphatic rings. The van der Waals surface area contributed by atoms with Crippen molar-refractivity contribution in [1.29, 1.82) is 0 Å². The zero-order valence-corrected chi connectivity index (χ0v) is 22.5. The molecule has 3 rings (SSSR count). The van der Waals surface area contributed by atoms with Crippen LogP contribution in [0.25, 0.3) is 0 Å². The lowest BCUT2D eigenvalue weighted by molar-refractivity contribution is -0.124. The van der Waals surface area contributed by atoms with Gasteiger partial charge in [0.1, 0.15) is 18.1 Å². The summed E-state index contributed by atoms with van der Waals surface area (Å²) < 4.78 is 11.9. The number of halogens is 3. The number of hydrogen-bond donors (Lipinski definition) is 2. The van der Waals surface area contributed by atoms with Crippen LogP contribution in [0.15, 0.2) is 70.2 Å². The maximum Gasteiger partial charge on any atom is 0.240 e. The number of nitrogens with zero attached hydrogens (tertiary/aromatic N) is 1. The molecule has 3 aromatic carbocycles. The van der Waals surface area contributed by atoms with E-state index >= 15 is 0 Å². The van der Waals surface area contributed by atoms with E-state index in [0.29, 0.717) is 34.7 Å². The highest BCUT2D eigenvalue weighted by Gasteiger charge is 2.08. The molecule has 0 fully saturated rings. The summed E-state index contributed by atoms with van der Waals surface area (Å²) in [6.07, 6.45) is 1.54. The van der Waals surface area contributed by atoms with Crippen LogP contribution in [0.4, 0.5) is 5.69 Å². The van der Waals surface area contributed by atoms with E-state index in [1.165, 1.54) is 6.21 Å². The lowest BCUT2D eigenvalue weighted by Crippen LogP contribution is -2.20. The van der Waals surface area contributed by atoms with Gasteiger partial charge in [0.05, 0.1) is 27.3 Å². The fourth-order valence-corrected chi connectivity index (χ4v) is 3.82. The molecular weight excluding hydrogens is 569 g/mol. The predicted molar refractivity (Wildman–Crippen MR) is 146 cm³/mol. The highest BCUT2D eigenvalue weighted by Crippen LogP contribution is 2.28. The first-order chi connectivity index (χ1) is 17.3. The quantitative estimate of drug-likeness (QED) is 0.194. The van der Waals surface area contributed by atoms with Gasteiger partial charge < -0.3 is 14.8 Å². The van der Waals surface area contributed by atoms with Gasteiger partial charge in [-0.3, -0.25) is 9.59 Å². The smallest absolute Gasteiger partial charge is 0.240 e. The van der Waals surface area contributed by atoms with E-state index in [0.717, 1.165) is 21.3 Å². The van der Waals surface area contributed by atoms with Crippen LogP contribution in [-0.4, -0.2) is 24.6 Å². The first-order valence-electron chi connectivity index (χ1n) is 11.0. The Hall–Kier alpha value is -3.07. The topological polar surface area (TPSA) is 89.0 Å². The Balaban J connectivity index is 1.41. The van der Waals surface area contributed by atoms with E-state index in [-0.39, 0.29) is 24.7 Å². The Morgan fingerprint density at radius 3 is 2.39 bits per heavy atom. The van der Waals surface area contributed by atoms with Crippen LogP contribution in [-0.2, 0) is 16.2 Å². The Labute approximate surface area is 227 Å². The van der Waals surface area contributed by atoms with E-state index in [1.54, 1.807) is 48.5 Å². The van der Waals surface area contributed by atoms with E-state index in [1.807, 2.05) is 19.1 Å². The van der Waals surface area contributed by atoms with E-state index in [2.05, 4.69) is 31.8 Å². The molecule has 7 nitrogen and oxygen atoms in total. The zero-order chi connectivity index (χ0) is 25.9. The fraction of sp³-hybridized carbons (Fsp3) is 0.192. The third-order valence-electron chi connectivity index (χ3n) is 4.77. The minimum absolute atomic E-state index is 0.00535. The van der Waals surface area contributed by atoms with Gasteiger partial charge in [-0.15, -0.1) is 0 Å². The van der Waals surface area contributed by atoms with Crippen LogP contribution in [0.3, 0.4) is 0 Å². The van der Waals surface area contributed by atoms with Crippen LogP contribution in [0.5, 0.6) is 11.5 Å². The molecule has 0 spiro atoms. The van der Waals surface area contributed by atoms with Crippen molar-refractivity contribution in [1.82, 2.24) is 5.43 Å². The number of hydrazone groups is 1. The Bertz CT molecular complexity index is 1240. The van der Waals surface area contributed by atoms with Gasteiger partial charge in [-0.2, -0.15) is 5.10 Å². The van der Waals surface area contributed by atoms with Crippen molar-refractivity contribution in [3.05, 3.63) is 86.3 Å². The summed E-state index contributed by atoms with van der Waals surface area (Å²) in [5.41, 5.74) is 4.70. The third kappa shape index (κ3) is 8.86. The molecule has 0 radical (unpaired) electrons. The van der Waals surface area contributed by atoms with Gasteiger partial charge in [-0.1, -0.05) is 29.3 Å². The van der Waals surface area contributed by atoms with Crippen LogP contribution in [0.1, 0.15) is 30.9 Å². The molecule has 0 atom stereocenters. The van der Waals surface area contributed by atoms with Gasteiger partial charge in [0, 0.05) is 18.5 Å². The van der Waals surface area contributed by atoms with Crippen molar-refractivity contribution in [3.63, 3.8) is 0 Å². The summed E-state index contributed by atoms with van der Waals surface area (Å²) in [4.78, 5) is 24.1. The average Bonchev–Trinajstić information content (AvgIpc) is 2.86. The molecule has 3 aromatic rings. The number of carbonyl (C=O) groups excluding carboxylic acids is 2. The van der Waals surface area contributed by atoms with Gasteiger partial charge in [0.15, 0.2) is 0 Å². The molecule has 2 amide bonds. The zero-order valence-electron chi connectivity index (χ0n) is 19.4. The first kappa shape index (κ1) is 27.5. The molecule has 0 bridgehead atoms. The number of hydrogen-bond acceptors (Lipinski definition) is 5. The Kier molecular flexibility index (Phi) is 10.6. The number of ether oxygens (including phenoxy) is 2.